The van der Waals surface area contributed by atoms with Crippen LogP contribution in [0.1, 0.15) is 32.8 Å². The van der Waals surface area contributed by atoms with E-state index in [0.29, 0.717) is 11.6 Å². The van der Waals surface area contributed by atoms with E-state index in [4.69, 9.17) is 11.6 Å². The minimum Gasteiger partial charge on any atom is -0.352 e. The molecule has 1 N–H and O–H groups in total. The zero-order valence-corrected chi connectivity index (χ0v) is 20.0. The molecule has 0 aliphatic rings. The summed E-state index contributed by atoms with van der Waals surface area (Å²) in [6.07, 6.45) is 0.838. The van der Waals surface area contributed by atoms with Crippen LogP contribution in [-0.2, 0) is 16.1 Å². The molecule has 2 rings (SSSR count). The van der Waals surface area contributed by atoms with Gasteiger partial charge in [0.15, 0.2) is 0 Å². The molecule has 0 heterocycles. The highest BCUT2D eigenvalue weighted by Gasteiger charge is 2.26. The summed E-state index contributed by atoms with van der Waals surface area (Å²) in [7, 11) is 0. The topological polar surface area (TPSA) is 49.4 Å². The van der Waals surface area contributed by atoms with Gasteiger partial charge in [0.05, 0.1) is 5.75 Å². The number of carbonyl (C=O) groups excluding carboxylic acids is 2. The van der Waals surface area contributed by atoms with Crippen molar-refractivity contribution in [3.8, 4) is 0 Å². The van der Waals surface area contributed by atoms with Crippen LogP contribution in [-0.4, -0.2) is 34.6 Å². The Balaban J connectivity index is 2.14. The third-order valence-electron chi connectivity index (χ3n) is 4.59. The van der Waals surface area contributed by atoms with Crippen molar-refractivity contribution in [2.24, 2.45) is 0 Å². The van der Waals surface area contributed by atoms with E-state index in [0.717, 1.165) is 21.4 Å². The van der Waals surface area contributed by atoms with Crippen LogP contribution in [0.15, 0.2) is 57.9 Å². The molecular formula is C22H26BrClN2O2S. The normalized spacial score (nSPS) is 12.9. The lowest BCUT2D eigenvalue weighted by atomic mass is 10.1. The van der Waals surface area contributed by atoms with Gasteiger partial charge in [0.25, 0.3) is 0 Å². The molecule has 0 fully saturated rings. The molecule has 0 aliphatic heterocycles. The van der Waals surface area contributed by atoms with Crippen molar-refractivity contribution in [2.75, 3.05) is 5.75 Å². The lowest BCUT2D eigenvalue weighted by Gasteiger charge is -2.29. The zero-order valence-electron chi connectivity index (χ0n) is 16.8. The van der Waals surface area contributed by atoms with Gasteiger partial charge in [-0.25, -0.2) is 0 Å². The first kappa shape index (κ1) is 23.8. The highest BCUT2D eigenvalue weighted by Crippen LogP contribution is 2.22. The molecule has 0 saturated heterocycles. The quantitative estimate of drug-likeness (QED) is 0.464. The second kappa shape index (κ2) is 11.6. The number of amides is 2. The molecule has 0 aromatic heterocycles. The van der Waals surface area contributed by atoms with E-state index in [1.807, 2.05) is 50.2 Å². The molecule has 2 amide bonds. The van der Waals surface area contributed by atoms with Crippen LogP contribution in [0.2, 0.25) is 5.02 Å². The molecule has 0 saturated carbocycles. The van der Waals surface area contributed by atoms with Gasteiger partial charge in [-0.15, -0.1) is 11.8 Å². The number of hydrogen-bond acceptors (Lipinski definition) is 3. The zero-order chi connectivity index (χ0) is 21.4. The Hall–Kier alpha value is -1.50. The molecule has 7 heteroatoms. The summed E-state index contributed by atoms with van der Waals surface area (Å²) >= 11 is 10.8. The minimum atomic E-state index is -0.568. The first-order valence-electron chi connectivity index (χ1n) is 9.52. The highest BCUT2D eigenvalue weighted by atomic mass is 79.9. The molecule has 156 valence electrons. The average Bonchev–Trinajstić information content (AvgIpc) is 2.70. The van der Waals surface area contributed by atoms with Crippen molar-refractivity contribution in [3.05, 3.63) is 63.6 Å². The summed E-state index contributed by atoms with van der Waals surface area (Å²) < 4.78 is 0.939. The molecule has 0 aliphatic carbocycles. The number of carbonyl (C=O) groups is 2. The predicted octanol–water partition coefficient (Wildman–Crippen LogP) is 5.53. The lowest BCUT2D eigenvalue weighted by Crippen LogP contribution is -2.50. The molecule has 2 aromatic rings. The fourth-order valence-electron chi connectivity index (χ4n) is 2.64. The SMILES string of the molecule is CC[C@H](C)NC(=O)[C@@H](C)N(Cc1cccc(Br)c1)C(=O)CSc1ccc(Cl)cc1. The number of hydrogen-bond donors (Lipinski definition) is 1. The van der Waals surface area contributed by atoms with E-state index >= 15 is 0 Å². The van der Waals surface area contributed by atoms with E-state index in [-0.39, 0.29) is 23.6 Å². The van der Waals surface area contributed by atoms with Gasteiger partial charge in [-0.1, -0.05) is 46.6 Å². The van der Waals surface area contributed by atoms with Crippen LogP contribution < -0.4 is 5.32 Å². The highest BCUT2D eigenvalue weighted by molar-refractivity contribution is 9.10. The van der Waals surface area contributed by atoms with Crippen LogP contribution in [0.5, 0.6) is 0 Å². The Morgan fingerprint density at radius 2 is 1.86 bits per heavy atom. The first-order valence-corrected chi connectivity index (χ1v) is 11.7. The number of benzene rings is 2. The summed E-state index contributed by atoms with van der Waals surface area (Å²) in [6.45, 7) is 6.12. The number of nitrogens with zero attached hydrogens (tertiary/aromatic N) is 1. The summed E-state index contributed by atoms with van der Waals surface area (Å²) in [4.78, 5) is 28.4. The maximum absolute atomic E-state index is 13.1. The summed E-state index contributed by atoms with van der Waals surface area (Å²) in [5.41, 5.74) is 0.965. The van der Waals surface area contributed by atoms with E-state index in [1.54, 1.807) is 24.0 Å². The molecule has 29 heavy (non-hydrogen) atoms. The molecule has 0 unspecified atom stereocenters. The van der Waals surface area contributed by atoms with Crippen molar-refractivity contribution in [3.63, 3.8) is 0 Å². The number of nitrogens with one attached hydrogen (secondary N) is 1. The van der Waals surface area contributed by atoms with Gasteiger partial charge in [-0.2, -0.15) is 0 Å². The monoisotopic (exact) mass is 496 g/mol. The molecule has 0 radical (unpaired) electrons. The Morgan fingerprint density at radius 1 is 1.17 bits per heavy atom. The van der Waals surface area contributed by atoms with Crippen LogP contribution in [0, 0.1) is 0 Å². The van der Waals surface area contributed by atoms with Crippen LogP contribution >= 0.6 is 39.3 Å². The average molecular weight is 498 g/mol. The maximum Gasteiger partial charge on any atom is 0.242 e. The third kappa shape index (κ3) is 7.68. The van der Waals surface area contributed by atoms with Gasteiger partial charge in [-0.05, 0) is 62.2 Å². The Labute approximate surface area is 190 Å². The van der Waals surface area contributed by atoms with Gasteiger partial charge < -0.3 is 10.2 Å². The Bertz CT molecular complexity index is 832. The summed E-state index contributed by atoms with van der Waals surface area (Å²) in [5.74, 6) is 0.0206. The van der Waals surface area contributed by atoms with Crippen LogP contribution in [0.3, 0.4) is 0 Å². The van der Waals surface area contributed by atoms with E-state index in [2.05, 4.69) is 21.2 Å². The van der Waals surface area contributed by atoms with Crippen LogP contribution in [0.4, 0.5) is 0 Å². The van der Waals surface area contributed by atoms with Crippen molar-refractivity contribution < 1.29 is 9.59 Å². The van der Waals surface area contributed by atoms with E-state index in [9.17, 15) is 9.59 Å². The molecule has 0 spiro atoms. The van der Waals surface area contributed by atoms with Crippen molar-refractivity contribution in [1.82, 2.24) is 10.2 Å². The maximum atomic E-state index is 13.1. The molecule has 0 bridgehead atoms. The molecule has 2 atom stereocenters. The molecular weight excluding hydrogens is 472 g/mol. The number of halogens is 2. The third-order valence-corrected chi connectivity index (χ3v) is 6.33. The lowest BCUT2D eigenvalue weighted by molar-refractivity contribution is -0.138. The first-order chi connectivity index (χ1) is 13.8. The smallest absolute Gasteiger partial charge is 0.242 e. The predicted molar refractivity (Wildman–Crippen MR) is 124 cm³/mol. The Kier molecular flexibility index (Phi) is 9.53. The van der Waals surface area contributed by atoms with Crippen molar-refractivity contribution in [1.29, 1.82) is 0 Å². The van der Waals surface area contributed by atoms with Gasteiger partial charge in [0.1, 0.15) is 6.04 Å². The summed E-state index contributed by atoms with van der Waals surface area (Å²) in [5, 5.41) is 3.64. The van der Waals surface area contributed by atoms with Gasteiger partial charge in [-0.3, -0.25) is 9.59 Å². The van der Waals surface area contributed by atoms with Crippen molar-refractivity contribution in [2.45, 2.75) is 50.7 Å². The van der Waals surface area contributed by atoms with E-state index < -0.39 is 6.04 Å². The fourth-order valence-corrected chi connectivity index (χ4v) is 4.00. The summed E-state index contributed by atoms with van der Waals surface area (Å²) in [6, 6.07) is 14.7. The largest absolute Gasteiger partial charge is 0.352 e. The van der Waals surface area contributed by atoms with Crippen LogP contribution in [0.25, 0.3) is 0 Å². The van der Waals surface area contributed by atoms with Gasteiger partial charge in [0.2, 0.25) is 11.8 Å². The van der Waals surface area contributed by atoms with E-state index in [1.165, 1.54) is 11.8 Å². The fraction of sp³-hybridized carbons (Fsp3) is 0.364. The second-order valence-corrected chi connectivity index (χ2v) is 9.29. The number of rotatable bonds is 9. The minimum absolute atomic E-state index is 0.0659. The van der Waals surface area contributed by atoms with Gasteiger partial charge in [0, 0.05) is 27.0 Å². The van der Waals surface area contributed by atoms with Gasteiger partial charge >= 0.3 is 0 Å². The standard InChI is InChI=1S/C22H26BrClN2O2S/c1-4-15(2)25-22(28)16(3)26(13-17-6-5-7-18(23)12-17)21(27)14-29-20-10-8-19(24)9-11-20/h5-12,15-16H,4,13-14H2,1-3H3,(H,25,28)/t15-,16+/m0/s1. The number of thioether (sulfide) groups is 1. The molecule has 4 nitrogen and oxygen atoms in total. The molecule has 2 aromatic carbocycles. The Morgan fingerprint density at radius 3 is 2.48 bits per heavy atom. The second-order valence-electron chi connectivity index (χ2n) is 6.89. The van der Waals surface area contributed by atoms with Crippen molar-refractivity contribution >= 4 is 51.1 Å².